The van der Waals surface area contributed by atoms with Crippen LogP contribution in [0.3, 0.4) is 0 Å². The van der Waals surface area contributed by atoms with Crippen molar-refractivity contribution in [2.45, 2.75) is 354 Å². The zero-order valence-electron chi connectivity index (χ0n) is 56.1. The lowest BCUT2D eigenvalue weighted by molar-refractivity contribution is -0.870. The van der Waals surface area contributed by atoms with E-state index >= 15 is 0 Å². The Labute approximate surface area is 521 Å². The molecule has 0 aliphatic heterocycles. The van der Waals surface area contributed by atoms with E-state index in [0.717, 1.165) is 51.4 Å². The Hall–Kier alpha value is -2.29. The van der Waals surface area contributed by atoms with E-state index in [1.54, 1.807) is 0 Å². The highest BCUT2D eigenvalue weighted by Gasteiger charge is 2.27. The Bertz CT molecular complexity index is 1600. The number of carbonyl (C=O) groups is 2. The van der Waals surface area contributed by atoms with Gasteiger partial charge in [-0.1, -0.05) is 312 Å². The molecule has 0 aromatic rings. The van der Waals surface area contributed by atoms with E-state index in [2.05, 4.69) is 74.6 Å². The summed E-state index contributed by atoms with van der Waals surface area (Å²) in [7, 11) is 1.49. The molecule has 0 aliphatic carbocycles. The maximum absolute atomic E-state index is 12.9. The van der Waals surface area contributed by atoms with Gasteiger partial charge in [-0.25, -0.2) is 4.57 Å². The molecule has 1 N–H and O–H groups in total. The molecule has 0 spiro atoms. The second-order valence-electron chi connectivity index (χ2n) is 25.6. The minimum atomic E-state index is -4.39. The average Bonchev–Trinajstić information content (AvgIpc) is 3.61. The number of nitrogens with zero attached hydrogens (tertiary/aromatic N) is 1. The number of phosphoric ester groups is 1. The molecule has 0 radical (unpaired) electrons. The van der Waals surface area contributed by atoms with Crippen molar-refractivity contribution in [2.24, 2.45) is 0 Å². The Balaban J connectivity index is 3.97. The number of hydrogen-bond donors (Lipinski definition) is 1. The van der Waals surface area contributed by atoms with Crippen LogP contribution in [0.15, 0.2) is 60.8 Å². The van der Waals surface area contributed by atoms with Gasteiger partial charge in [0.1, 0.15) is 19.8 Å². The summed E-state index contributed by atoms with van der Waals surface area (Å²) in [4.78, 5) is 35.9. The van der Waals surface area contributed by atoms with Gasteiger partial charge in [0.25, 0.3) is 0 Å². The molecule has 0 saturated heterocycles. The standard InChI is InChI=1S/C74H138NO8P/c1-6-8-10-12-14-16-18-20-22-24-26-28-30-31-32-33-34-35-36-37-38-39-40-41-42-43-45-47-49-51-53-55-57-59-61-63-65-67-74(77)83-72(71-82-84(78,79)81-69-68-75(3,4)5)70-80-73(76)66-64-62-60-58-56-54-52-50-48-46-44-29-27-25-23-21-19-17-15-13-11-9-7-2/h18-21,24-27,30-31,72H,6-17,22-23,28-29,32-71H2,1-5H3/p+1/b20-18-,21-19-,26-24-,27-25-,31-30-. The fourth-order valence-electron chi connectivity index (χ4n) is 10.5. The topological polar surface area (TPSA) is 108 Å². The second-order valence-corrected chi connectivity index (χ2v) is 27.1. The van der Waals surface area contributed by atoms with Crippen molar-refractivity contribution in [3.05, 3.63) is 60.8 Å². The maximum Gasteiger partial charge on any atom is 0.472 e. The molecule has 0 aromatic carbocycles. The Morgan fingerprint density at radius 1 is 0.369 bits per heavy atom. The van der Waals surface area contributed by atoms with Gasteiger partial charge in [0, 0.05) is 12.8 Å². The number of rotatable bonds is 67. The molecule has 2 atom stereocenters. The summed E-state index contributed by atoms with van der Waals surface area (Å²) < 4.78 is 34.7. The summed E-state index contributed by atoms with van der Waals surface area (Å²) >= 11 is 0. The van der Waals surface area contributed by atoms with Gasteiger partial charge in [0.05, 0.1) is 27.7 Å². The largest absolute Gasteiger partial charge is 0.472 e. The van der Waals surface area contributed by atoms with Crippen molar-refractivity contribution in [2.75, 3.05) is 47.5 Å². The van der Waals surface area contributed by atoms with Crippen molar-refractivity contribution < 1.29 is 42.1 Å². The molecule has 492 valence electrons. The second kappa shape index (κ2) is 65.2. The molecular weight excluding hydrogens is 1060 g/mol. The molecule has 0 saturated carbocycles. The number of ether oxygens (including phenoxy) is 2. The molecule has 0 bridgehead atoms. The summed E-state index contributed by atoms with van der Waals surface area (Å²) in [5.74, 6) is -0.784. The zero-order chi connectivity index (χ0) is 61.2. The third-order valence-corrected chi connectivity index (χ3v) is 17.0. The van der Waals surface area contributed by atoms with Crippen LogP contribution in [0.25, 0.3) is 0 Å². The number of hydrogen-bond acceptors (Lipinski definition) is 7. The fourth-order valence-corrected chi connectivity index (χ4v) is 11.2. The van der Waals surface area contributed by atoms with Crippen molar-refractivity contribution in [1.82, 2.24) is 0 Å². The first-order valence-corrected chi connectivity index (χ1v) is 37.5. The molecule has 0 fully saturated rings. The number of carbonyl (C=O) groups excluding carboxylic acids is 2. The van der Waals surface area contributed by atoms with Gasteiger partial charge in [0.2, 0.25) is 0 Å². The van der Waals surface area contributed by atoms with Crippen molar-refractivity contribution >= 4 is 19.8 Å². The number of unbranched alkanes of at least 4 members (excludes halogenated alkanes) is 43. The van der Waals surface area contributed by atoms with Crippen LogP contribution in [-0.2, 0) is 32.7 Å². The molecule has 10 heteroatoms. The maximum atomic E-state index is 12.9. The third-order valence-electron chi connectivity index (χ3n) is 16.0. The SMILES string of the molecule is CCCCCCC/C=C\C/C=C\C/C=C\CCCCCCCCCCCCCCCCCCCCCCCCC(=O)OC(COC(=O)CCCCCCCCCCCCC/C=C\C/C=C\CCCCCCC)COP(=O)(O)OCC[N+](C)(C)C. The van der Waals surface area contributed by atoms with Crippen molar-refractivity contribution in [3.8, 4) is 0 Å². The molecule has 0 aromatic heterocycles. The highest BCUT2D eigenvalue weighted by molar-refractivity contribution is 7.47. The van der Waals surface area contributed by atoms with Crippen LogP contribution in [0.2, 0.25) is 0 Å². The molecule has 0 amide bonds. The highest BCUT2D eigenvalue weighted by atomic mass is 31.2. The van der Waals surface area contributed by atoms with E-state index in [4.69, 9.17) is 18.5 Å². The minimum absolute atomic E-state index is 0.0322. The number of esters is 2. The minimum Gasteiger partial charge on any atom is -0.462 e. The van der Waals surface area contributed by atoms with Crippen LogP contribution in [-0.4, -0.2) is 74.9 Å². The van der Waals surface area contributed by atoms with Crippen LogP contribution in [0, 0.1) is 0 Å². The van der Waals surface area contributed by atoms with Crippen LogP contribution >= 0.6 is 7.82 Å². The van der Waals surface area contributed by atoms with E-state index in [1.165, 1.54) is 263 Å². The Morgan fingerprint density at radius 2 is 0.643 bits per heavy atom. The van der Waals surface area contributed by atoms with Crippen molar-refractivity contribution in [1.29, 1.82) is 0 Å². The Morgan fingerprint density at radius 3 is 0.952 bits per heavy atom. The van der Waals surface area contributed by atoms with Gasteiger partial charge in [-0.15, -0.1) is 0 Å². The normalized spacial score (nSPS) is 13.5. The van der Waals surface area contributed by atoms with E-state index in [0.29, 0.717) is 17.4 Å². The van der Waals surface area contributed by atoms with Gasteiger partial charge >= 0.3 is 19.8 Å². The molecular formula is C74H139NO8P+. The van der Waals surface area contributed by atoms with Crippen LogP contribution in [0.4, 0.5) is 0 Å². The fraction of sp³-hybridized carbons (Fsp3) is 0.838. The molecule has 0 rings (SSSR count). The summed E-state index contributed by atoms with van der Waals surface area (Å²) in [5, 5.41) is 0. The molecule has 84 heavy (non-hydrogen) atoms. The van der Waals surface area contributed by atoms with Crippen LogP contribution in [0.5, 0.6) is 0 Å². The molecule has 0 heterocycles. The summed E-state index contributed by atoms with van der Waals surface area (Å²) in [6.07, 6.45) is 86.2. The predicted octanol–water partition coefficient (Wildman–Crippen LogP) is 23.4. The number of likely N-dealkylation sites (N-methyl/N-ethyl adjacent to an activating group) is 1. The zero-order valence-corrected chi connectivity index (χ0v) is 57.0. The van der Waals surface area contributed by atoms with E-state index in [9.17, 15) is 19.0 Å². The smallest absolute Gasteiger partial charge is 0.462 e. The quantitative estimate of drug-likeness (QED) is 0.0211. The van der Waals surface area contributed by atoms with Crippen molar-refractivity contribution in [3.63, 3.8) is 0 Å². The Kier molecular flexibility index (Phi) is 63.4. The van der Waals surface area contributed by atoms with Gasteiger partial charge in [0.15, 0.2) is 6.10 Å². The third kappa shape index (κ3) is 68.8. The molecule has 2 unspecified atom stereocenters. The average molecular weight is 1200 g/mol. The van der Waals surface area contributed by atoms with Gasteiger partial charge < -0.3 is 18.9 Å². The van der Waals surface area contributed by atoms with Crippen LogP contribution in [0.1, 0.15) is 348 Å². The van der Waals surface area contributed by atoms with Crippen LogP contribution < -0.4 is 0 Å². The lowest BCUT2D eigenvalue weighted by Crippen LogP contribution is -2.37. The van der Waals surface area contributed by atoms with Gasteiger partial charge in [-0.2, -0.15) is 0 Å². The first-order valence-electron chi connectivity index (χ1n) is 36.0. The number of phosphoric acid groups is 1. The first kappa shape index (κ1) is 81.7. The molecule has 0 aliphatic rings. The summed E-state index contributed by atoms with van der Waals surface area (Å²) in [6.45, 7) is 4.46. The monoisotopic (exact) mass is 1200 g/mol. The summed E-state index contributed by atoms with van der Waals surface area (Å²) in [6, 6.07) is 0. The van der Waals surface area contributed by atoms with E-state index < -0.39 is 26.5 Å². The summed E-state index contributed by atoms with van der Waals surface area (Å²) in [5.41, 5.74) is 0. The van der Waals surface area contributed by atoms with Gasteiger partial charge in [-0.3, -0.25) is 18.6 Å². The van der Waals surface area contributed by atoms with E-state index in [-0.39, 0.29) is 32.0 Å². The number of allylic oxidation sites excluding steroid dienone is 10. The first-order chi connectivity index (χ1) is 41.0. The predicted molar refractivity (Wildman–Crippen MR) is 363 cm³/mol. The molecule has 9 nitrogen and oxygen atoms in total. The lowest BCUT2D eigenvalue weighted by Gasteiger charge is -2.24. The lowest BCUT2D eigenvalue weighted by atomic mass is 10.0. The van der Waals surface area contributed by atoms with E-state index in [1.807, 2.05) is 21.1 Å². The number of quaternary nitrogens is 1. The van der Waals surface area contributed by atoms with Gasteiger partial charge in [-0.05, 0) is 83.5 Å². The highest BCUT2D eigenvalue weighted by Crippen LogP contribution is 2.43.